The minimum absolute atomic E-state index is 0.267. The number of aromatic nitrogens is 2. The maximum absolute atomic E-state index is 14.7. The molecule has 0 unspecified atom stereocenters. The van der Waals surface area contributed by atoms with E-state index in [0.29, 0.717) is 21.3 Å². The third-order valence-corrected chi connectivity index (χ3v) is 6.54. The number of H-pyrrole nitrogens is 1. The summed E-state index contributed by atoms with van der Waals surface area (Å²) in [6.07, 6.45) is -5.20. The summed E-state index contributed by atoms with van der Waals surface area (Å²) in [6, 6.07) is 9.07. The van der Waals surface area contributed by atoms with E-state index in [-0.39, 0.29) is 22.0 Å². The topological polar surface area (TPSA) is 106 Å². The Kier molecular flexibility index (Phi) is 5.81. The predicted octanol–water partition coefficient (Wildman–Crippen LogP) is 4.30. The molecule has 0 aliphatic rings. The van der Waals surface area contributed by atoms with E-state index < -0.39 is 39.7 Å². The van der Waals surface area contributed by atoms with Gasteiger partial charge in [0.1, 0.15) is 23.5 Å². The summed E-state index contributed by atoms with van der Waals surface area (Å²) in [4.78, 5) is 13.8. The molecule has 178 valence electrons. The Balaban J connectivity index is 1.91. The highest BCUT2D eigenvalue weighted by atomic mass is 32.2. The molecule has 4 aromatic rings. The van der Waals surface area contributed by atoms with Gasteiger partial charge >= 0.3 is 6.18 Å². The number of ether oxygens (including phenoxy) is 1. The highest BCUT2D eigenvalue weighted by Crippen LogP contribution is 2.40. The van der Waals surface area contributed by atoms with Crippen LogP contribution >= 0.6 is 0 Å². The smallest absolute Gasteiger partial charge is 0.393 e. The van der Waals surface area contributed by atoms with Crippen LogP contribution in [0, 0.1) is 5.82 Å². The summed E-state index contributed by atoms with van der Waals surface area (Å²) < 4.78 is 91.0. The fourth-order valence-electron chi connectivity index (χ4n) is 3.34. The van der Waals surface area contributed by atoms with Gasteiger partial charge in [0.05, 0.1) is 18.4 Å². The summed E-state index contributed by atoms with van der Waals surface area (Å²) in [5.74, 6) is -1.91. The van der Waals surface area contributed by atoms with Gasteiger partial charge in [0.15, 0.2) is 5.82 Å². The lowest BCUT2D eigenvalue weighted by molar-refractivity contribution is -0.127. The normalized spacial score (nSPS) is 12.1. The Morgan fingerprint density at radius 3 is 2.53 bits per heavy atom. The molecule has 2 aromatic carbocycles. The molecular formula is C21H15F4N3O5S. The van der Waals surface area contributed by atoms with Crippen LogP contribution in [0.25, 0.3) is 10.9 Å². The van der Waals surface area contributed by atoms with Gasteiger partial charge in [-0.1, -0.05) is 5.16 Å². The van der Waals surface area contributed by atoms with Gasteiger partial charge in [0.25, 0.3) is 10.0 Å². The number of halogens is 4. The molecule has 0 fully saturated rings. The molecule has 0 aliphatic carbocycles. The average Bonchev–Trinajstić information content (AvgIpc) is 3.28. The van der Waals surface area contributed by atoms with Crippen molar-refractivity contribution in [1.82, 2.24) is 10.1 Å². The first-order valence-electron chi connectivity index (χ1n) is 9.51. The van der Waals surface area contributed by atoms with Crippen molar-refractivity contribution in [1.29, 1.82) is 0 Å². The monoisotopic (exact) mass is 497 g/mol. The third kappa shape index (κ3) is 4.46. The molecule has 0 saturated carbocycles. The standard InChI is InChI=1S/C21H15F4N3O5S/c1-32-18-9-13(11-21(23,24)25)15(22)10-17(18)28(19-6-7-33-27-19)34(30,31)14-3-4-16-12(8-14)2-5-20(29)26-16/h2-10H,11H2,1H3,(H,26,29). The Morgan fingerprint density at radius 2 is 1.88 bits per heavy atom. The van der Waals surface area contributed by atoms with Crippen LogP contribution in [0.2, 0.25) is 0 Å². The molecule has 0 spiro atoms. The van der Waals surface area contributed by atoms with Gasteiger partial charge in [-0.05, 0) is 35.7 Å². The second-order valence-electron chi connectivity index (χ2n) is 7.11. The molecule has 0 aliphatic heterocycles. The molecular weight excluding hydrogens is 482 g/mol. The zero-order valence-electron chi connectivity index (χ0n) is 17.3. The fraction of sp³-hybridized carbons (Fsp3) is 0.143. The Hall–Kier alpha value is -3.87. The lowest BCUT2D eigenvalue weighted by atomic mass is 10.1. The number of sulfonamides is 1. The molecule has 0 bridgehead atoms. The molecule has 0 amide bonds. The fourth-order valence-corrected chi connectivity index (χ4v) is 4.81. The number of pyridine rings is 1. The molecule has 4 rings (SSSR count). The highest BCUT2D eigenvalue weighted by molar-refractivity contribution is 7.93. The van der Waals surface area contributed by atoms with Crippen LogP contribution in [0.1, 0.15) is 5.56 Å². The number of anilines is 2. The Bertz CT molecular complexity index is 1520. The Morgan fingerprint density at radius 1 is 1.12 bits per heavy atom. The second-order valence-corrected chi connectivity index (χ2v) is 8.89. The summed E-state index contributed by atoms with van der Waals surface area (Å²) >= 11 is 0. The molecule has 0 radical (unpaired) electrons. The lowest BCUT2D eigenvalue weighted by Crippen LogP contribution is -2.27. The SMILES string of the molecule is COc1cc(CC(F)(F)F)c(F)cc1N(c1ccon1)S(=O)(=O)c1ccc2[nH]c(=O)ccc2c1. The number of hydrogen-bond donors (Lipinski definition) is 1. The van der Waals surface area contributed by atoms with E-state index in [0.717, 1.165) is 19.4 Å². The van der Waals surface area contributed by atoms with Gasteiger partial charge in [-0.2, -0.15) is 13.2 Å². The maximum Gasteiger partial charge on any atom is 0.393 e. The lowest BCUT2D eigenvalue weighted by Gasteiger charge is -2.24. The van der Waals surface area contributed by atoms with Gasteiger partial charge in [-0.3, -0.25) is 4.79 Å². The molecule has 2 heterocycles. The molecule has 34 heavy (non-hydrogen) atoms. The van der Waals surface area contributed by atoms with Gasteiger partial charge in [0.2, 0.25) is 5.56 Å². The number of benzene rings is 2. The molecule has 0 atom stereocenters. The van der Waals surface area contributed by atoms with Crippen molar-refractivity contribution >= 4 is 32.4 Å². The van der Waals surface area contributed by atoms with Crippen molar-refractivity contribution in [3.8, 4) is 5.75 Å². The van der Waals surface area contributed by atoms with Crippen molar-refractivity contribution in [3.05, 3.63) is 76.5 Å². The van der Waals surface area contributed by atoms with E-state index in [2.05, 4.69) is 10.1 Å². The number of nitrogens with zero attached hydrogens (tertiary/aromatic N) is 2. The van der Waals surface area contributed by atoms with Gasteiger partial charge in [-0.15, -0.1) is 0 Å². The number of rotatable bonds is 6. The minimum Gasteiger partial charge on any atom is -0.495 e. The van der Waals surface area contributed by atoms with E-state index in [1.807, 2.05) is 0 Å². The summed E-state index contributed by atoms with van der Waals surface area (Å²) in [6.45, 7) is 0. The van der Waals surface area contributed by atoms with Crippen LogP contribution in [-0.4, -0.2) is 31.8 Å². The largest absolute Gasteiger partial charge is 0.495 e. The van der Waals surface area contributed by atoms with E-state index in [9.17, 15) is 30.8 Å². The van der Waals surface area contributed by atoms with Crippen molar-refractivity contribution in [2.24, 2.45) is 0 Å². The first kappa shape index (κ1) is 23.3. The van der Waals surface area contributed by atoms with Crippen LogP contribution in [0.4, 0.5) is 29.1 Å². The van der Waals surface area contributed by atoms with Crippen LogP contribution < -0.4 is 14.6 Å². The van der Waals surface area contributed by atoms with Crippen LogP contribution in [0.15, 0.2) is 69.0 Å². The van der Waals surface area contributed by atoms with Crippen LogP contribution in [0.5, 0.6) is 5.75 Å². The number of aromatic amines is 1. The quantitative estimate of drug-likeness (QED) is 0.399. The number of hydrogen-bond acceptors (Lipinski definition) is 6. The van der Waals surface area contributed by atoms with E-state index in [1.165, 1.54) is 36.4 Å². The second kappa shape index (κ2) is 8.48. The highest BCUT2D eigenvalue weighted by Gasteiger charge is 2.34. The predicted molar refractivity (Wildman–Crippen MR) is 113 cm³/mol. The summed E-state index contributed by atoms with van der Waals surface area (Å²) in [7, 11) is -3.42. The van der Waals surface area contributed by atoms with Gasteiger partial charge < -0.3 is 14.2 Å². The zero-order valence-corrected chi connectivity index (χ0v) is 18.1. The number of nitrogens with one attached hydrogen (secondary N) is 1. The number of alkyl halides is 3. The summed E-state index contributed by atoms with van der Waals surface area (Å²) in [5.41, 5.74) is -1.15. The maximum atomic E-state index is 14.7. The van der Waals surface area contributed by atoms with Crippen molar-refractivity contribution < 1.29 is 35.2 Å². The van der Waals surface area contributed by atoms with Crippen molar-refractivity contribution in [2.45, 2.75) is 17.5 Å². The molecule has 2 aromatic heterocycles. The molecule has 8 nitrogen and oxygen atoms in total. The summed E-state index contributed by atoms with van der Waals surface area (Å²) in [5, 5.41) is 4.00. The minimum atomic E-state index is -4.70. The number of fused-ring (bicyclic) bond motifs is 1. The van der Waals surface area contributed by atoms with E-state index in [1.54, 1.807) is 0 Å². The zero-order chi connectivity index (χ0) is 24.7. The van der Waals surface area contributed by atoms with E-state index >= 15 is 0 Å². The Labute approximate surface area is 189 Å². The first-order chi connectivity index (χ1) is 16.0. The first-order valence-corrected chi connectivity index (χ1v) is 11.0. The van der Waals surface area contributed by atoms with Gasteiger partial charge in [-0.25, -0.2) is 17.1 Å². The third-order valence-electron chi connectivity index (χ3n) is 4.82. The average molecular weight is 497 g/mol. The number of methoxy groups -OCH3 is 1. The van der Waals surface area contributed by atoms with E-state index in [4.69, 9.17) is 9.26 Å². The van der Waals surface area contributed by atoms with Gasteiger partial charge in [0, 0.05) is 29.3 Å². The van der Waals surface area contributed by atoms with Crippen LogP contribution in [-0.2, 0) is 16.4 Å². The van der Waals surface area contributed by atoms with Crippen molar-refractivity contribution in [3.63, 3.8) is 0 Å². The molecule has 1 N–H and O–H groups in total. The van der Waals surface area contributed by atoms with Crippen molar-refractivity contribution in [2.75, 3.05) is 11.4 Å². The molecule has 13 heteroatoms. The van der Waals surface area contributed by atoms with Crippen LogP contribution in [0.3, 0.4) is 0 Å². The molecule has 0 saturated heterocycles.